The molecule has 4 unspecified atom stereocenters. The molecule has 6 rings (SSSR count). The van der Waals surface area contributed by atoms with Gasteiger partial charge in [-0.25, -0.2) is 9.97 Å². The Morgan fingerprint density at radius 1 is 0.833 bits per heavy atom. The Bertz CT molecular complexity index is 1360. The van der Waals surface area contributed by atoms with Crippen molar-refractivity contribution < 1.29 is 31.1 Å². The zero-order chi connectivity index (χ0) is 29.5. The molecular formula is C30H31F6N5O. The quantitative estimate of drug-likeness (QED) is 0.342. The van der Waals surface area contributed by atoms with Gasteiger partial charge in [0.1, 0.15) is 5.75 Å². The van der Waals surface area contributed by atoms with Crippen LogP contribution in [0.15, 0.2) is 60.9 Å². The smallest absolute Gasteiger partial charge is 0.406 e. The summed E-state index contributed by atoms with van der Waals surface area (Å²) in [4.78, 5) is 13.9. The maximum Gasteiger partial charge on any atom is 0.573 e. The fraction of sp³-hybridized carbons (Fsp3) is 0.467. The summed E-state index contributed by atoms with van der Waals surface area (Å²) in [6.07, 6.45) is -0.840. The van der Waals surface area contributed by atoms with Crippen LogP contribution in [0, 0.1) is 5.92 Å². The van der Waals surface area contributed by atoms with Gasteiger partial charge >= 0.3 is 12.5 Å². The van der Waals surface area contributed by atoms with Gasteiger partial charge in [0, 0.05) is 67.3 Å². The fourth-order valence-corrected chi connectivity index (χ4v) is 6.69. The highest BCUT2D eigenvalue weighted by Crippen LogP contribution is 2.38. The number of hydrogen-bond acceptors (Lipinski definition) is 6. The molecule has 0 spiro atoms. The van der Waals surface area contributed by atoms with E-state index in [0.29, 0.717) is 30.2 Å². The standard InChI is InChI=1S/C30H31F6N5O/c31-29(32,33)22-8-10-23(11-9-22)40-13-12-26-21(18-40)17-37-25-6-1-2-7-27(25)41(26)28-38-15-20(16-39-28)19-4-3-5-24(14-19)42-30(34,35)36/h3-5,8-11,14-16,21,25-27,37H,1-2,6-7,12-13,17-18H2. The third-order valence-electron chi connectivity index (χ3n) is 8.61. The normalized spacial score (nSPS) is 24.9. The molecule has 3 heterocycles. The van der Waals surface area contributed by atoms with Crippen molar-refractivity contribution in [2.75, 3.05) is 29.4 Å². The second-order valence-electron chi connectivity index (χ2n) is 11.2. The van der Waals surface area contributed by atoms with Crippen molar-refractivity contribution in [2.24, 2.45) is 5.92 Å². The Morgan fingerprint density at radius 3 is 2.29 bits per heavy atom. The number of ether oxygens (including phenoxy) is 1. The second kappa shape index (κ2) is 11.3. The van der Waals surface area contributed by atoms with Gasteiger partial charge in [0.25, 0.3) is 0 Å². The Balaban J connectivity index is 1.25. The van der Waals surface area contributed by atoms with Gasteiger partial charge in [-0.15, -0.1) is 13.2 Å². The van der Waals surface area contributed by atoms with Gasteiger partial charge in [-0.2, -0.15) is 13.2 Å². The highest BCUT2D eigenvalue weighted by Gasteiger charge is 2.44. The lowest BCUT2D eigenvalue weighted by molar-refractivity contribution is -0.274. The van der Waals surface area contributed by atoms with Crippen LogP contribution < -0.4 is 19.9 Å². The molecule has 1 aromatic heterocycles. The summed E-state index contributed by atoms with van der Waals surface area (Å²) in [6, 6.07) is 11.7. The van der Waals surface area contributed by atoms with E-state index in [-0.39, 0.29) is 29.8 Å². The Kier molecular flexibility index (Phi) is 7.67. The first-order chi connectivity index (χ1) is 20.0. The van der Waals surface area contributed by atoms with Gasteiger partial charge in [-0.3, -0.25) is 0 Å². The van der Waals surface area contributed by atoms with E-state index >= 15 is 0 Å². The molecule has 224 valence electrons. The van der Waals surface area contributed by atoms with Crippen LogP contribution >= 0.6 is 0 Å². The van der Waals surface area contributed by atoms with Crippen LogP contribution in [0.3, 0.4) is 0 Å². The molecule has 3 aromatic rings. The Labute approximate surface area is 239 Å². The Morgan fingerprint density at radius 2 is 1.57 bits per heavy atom. The topological polar surface area (TPSA) is 53.5 Å². The number of rotatable bonds is 4. The zero-order valence-corrected chi connectivity index (χ0v) is 22.7. The molecule has 3 aliphatic rings. The van der Waals surface area contributed by atoms with Crippen LogP contribution in [0.25, 0.3) is 11.1 Å². The van der Waals surface area contributed by atoms with Gasteiger partial charge < -0.3 is 19.9 Å². The molecule has 2 aromatic carbocycles. The summed E-state index contributed by atoms with van der Waals surface area (Å²) >= 11 is 0. The minimum atomic E-state index is -4.78. The number of piperidine rings is 1. The average molecular weight is 592 g/mol. The van der Waals surface area contributed by atoms with Crippen molar-refractivity contribution in [3.8, 4) is 16.9 Å². The number of fused-ring (bicyclic) bond motifs is 2. The number of nitrogens with zero attached hydrogens (tertiary/aromatic N) is 4. The number of aromatic nitrogens is 2. The minimum Gasteiger partial charge on any atom is -0.406 e. The molecule has 0 bridgehead atoms. The molecule has 1 N–H and O–H groups in total. The largest absolute Gasteiger partial charge is 0.573 e. The van der Waals surface area contributed by atoms with Crippen LogP contribution in [0.5, 0.6) is 5.75 Å². The van der Waals surface area contributed by atoms with Gasteiger partial charge in [-0.05, 0) is 61.2 Å². The van der Waals surface area contributed by atoms with Crippen LogP contribution in [0.4, 0.5) is 38.0 Å². The Hall–Kier alpha value is -3.54. The minimum absolute atomic E-state index is 0.130. The molecule has 0 radical (unpaired) electrons. The lowest BCUT2D eigenvalue weighted by Crippen LogP contribution is -2.56. The third kappa shape index (κ3) is 6.13. The summed E-state index contributed by atoms with van der Waals surface area (Å²) < 4.78 is 81.5. The van der Waals surface area contributed by atoms with E-state index in [0.717, 1.165) is 56.5 Å². The SMILES string of the molecule is FC(F)(F)Oc1cccc(-c2cnc(N3C4CCN(c5ccc(C(F)(F)F)cc5)CC4CNC4CCCCC43)nc2)c1. The van der Waals surface area contributed by atoms with Crippen LogP contribution in [-0.2, 0) is 6.18 Å². The van der Waals surface area contributed by atoms with Crippen molar-refractivity contribution in [3.63, 3.8) is 0 Å². The van der Waals surface area contributed by atoms with Crippen LogP contribution in [-0.4, -0.2) is 54.1 Å². The van der Waals surface area contributed by atoms with Crippen molar-refractivity contribution in [1.29, 1.82) is 0 Å². The number of halogens is 6. The van der Waals surface area contributed by atoms with E-state index in [4.69, 9.17) is 9.97 Å². The van der Waals surface area contributed by atoms with Gasteiger partial charge in [0.05, 0.1) is 5.56 Å². The maximum absolute atomic E-state index is 13.1. The highest BCUT2D eigenvalue weighted by molar-refractivity contribution is 5.64. The first-order valence-electron chi connectivity index (χ1n) is 14.2. The molecule has 1 aliphatic carbocycles. The molecule has 2 aliphatic heterocycles. The number of nitrogens with one attached hydrogen (secondary N) is 1. The molecule has 2 saturated heterocycles. The van der Waals surface area contributed by atoms with E-state index in [1.165, 1.54) is 18.2 Å². The summed E-state index contributed by atoms with van der Waals surface area (Å²) in [5, 5.41) is 3.77. The van der Waals surface area contributed by atoms with E-state index in [1.54, 1.807) is 30.6 Å². The van der Waals surface area contributed by atoms with Crippen molar-refractivity contribution in [2.45, 2.75) is 62.8 Å². The van der Waals surface area contributed by atoms with E-state index in [9.17, 15) is 26.3 Å². The highest BCUT2D eigenvalue weighted by atomic mass is 19.4. The number of benzene rings is 2. The van der Waals surface area contributed by atoms with Crippen molar-refractivity contribution in [3.05, 3.63) is 66.5 Å². The van der Waals surface area contributed by atoms with Gasteiger partial charge in [0.2, 0.25) is 5.95 Å². The number of hydrogen-bond donors (Lipinski definition) is 1. The van der Waals surface area contributed by atoms with E-state index in [2.05, 4.69) is 19.9 Å². The van der Waals surface area contributed by atoms with E-state index in [1.807, 2.05) is 0 Å². The molecule has 3 fully saturated rings. The van der Waals surface area contributed by atoms with Crippen LogP contribution in [0.2, 0.25) is 0 Å². The molecule has 6 nitrogen and oxygen atoms in total. The summed E-state index contributed by atoms with van der Waals surface area (Å²) in [7, 11) is 0. The van der Waals surface area contributed by atoms with Crippen LogP contribution in [0.1, 0.15) is 37.7 Å². The lowest BCUT2D eigenvalue weighted by Gasteiger charge is -2.47. The van der Waals surface area contributed by atoms with Gasteiger partial charge in [-0.1, -0.05) is 25.0 Å². The van der Waals surface area contributed by atoms with E-state index < -0.39 is 18.1 Å². The maximum atomic E-state index is 13.1. The van der Waals surface area contributed by atoms with Gasteiger partial charge in [0.15, 0.2) is 0 Å². The predicted octanol–water partition coefficient (Wildman–Crippen LogP) is 6.68. The monoisotopic (exact) mass is 591 g/mol. The molecule has 12 heteroatoms. The first-order valence-corrected chi connectivity index (χ1v) is 14.2. The molecule has 0 amide bonds. The van der Waals surface area contributed by atoms with Crippen molar-refractivity contribution >= 4 is 11.6 Å². The lowest BCUT2D eigenvalue weighted by atomic mass is 9.87. The van der Waals surface area contributed by atoms with Crippen molar-refractivity contribution in [1.82, 2.24) is 15.3 Å². The summed E-state index contributed by atoms with van der Waals surface area (Å²) in [5.41, 5.74) is 1.20. The third-order valence-corrected chi connectivity index (χ3v) is 8.61. The molecule has 4 atom stereocenters. The molecule has 1 saturated carbocycles. The summed E-state index contributed by atoms with van der Waals surface area (Å²) in [6.45, 7) is 2.15. The second-order valence-corrected chi connectivity index (χ2v) is 11.2. The predicted molar refractivity (Wildman–Crippen MR) is 146 cm³/mol. The first kappa shape index (κ1) is 28.6. The molecular weight excluding hydrogens is 560 g/mol. The number of alkyl halides is 6. The zero-order valence-electron chi connectivity index (χ0n) is 22.7. The average Bonchev–Trinajstić information content (AvgIpc) is 3.13. The number of anilines is 2. The summed E-state index contributed by atoms with van der Waals surface area (Å²) in [5.74, 6) is 0.460. The fourth-order valence-electron chi connectivity index (χ4n) is 6.69. The molecule has 42 heavy (non-hydrogen) atoms.